The molecule has 6 nitrogen and oxygen atoms in total. The second-order valence-corrected chi connectivity index (χ2v) is 10.8. The number of hydrogen-bond acceptors (Lipinski definition) is 4. The monoisotopic (exact) mass is 483 g/mol. The molecule has 4 aromatic rings. The highest BCUT2D eigenvalue weighted by molar-refractivity contribution is 5.97. The molecule has 0 radical (unpaired) electrons. The Morgan fingerprint density at radius 3 is 2.58 bits per heavy atom. The number of aromatic amines is 1. The summed E-state index contributed by atoms with van der Waals surface area (Å²) in [7, 11) is 0. The van der Waals surface area contributed by atoms with E-state index in [1.165, 1.54) is 24.5 Å². The lowest BCUT2D eigenvalue weighted by atomic mass is 9.86. The maximum Gasteiger partial charge on any atom is 0.251 e. The topological polar surface area (TPSA) is 73.9 Å². The molecule has 1 amide bonds. The number of rotatable bonds is 6. The van der Waals surface area contributed by atoms with Crippen molar-refractivity contribution < 1.29 is 9.18 Å². The summed E-state index contributed by atoms with van der Waals surface area (Å²) in [6.45, 7) is 1.97. The Kier molecular flexibility index (Phi) is 5.27. The maximum atomic E-state index is 14.0. The van der Waals surface area contributed by atoms with E-state index < -0.39 is 0 Å². The molecule has 1 saturated heterocycles. The molecule has 0 bridgehead atoms. The number of H-pyrrole nitrogens is 1. The van der Waals surface area contributed by atoms with Gasteiger partial charge in [0.25, 0.3) is 5.91 Å². The van der Waals surface area contributed by atoms with Gasteiger partial charge in [-0.2, -0.15) is 0 Å². The van der Waals surface area contributed by atoms with Crippen molar-refractivity contribution in [2.24, 2.45) is 5.92 Å². The number of imidazole rings is 1. The standard InChI is InChI=1S/C29H30FN5O/c30-20-4-8-24-23(16-20)22(9-12-31-24)17-10-13-35(14-11-17)27(18-1-2-18)28-33-25-7-3-19(15-26(25)34-28)29(36)32-21-5-6-21/h3-4,7-9,12,15-18,21,27H,1-2,5-6,10-11,13-14H2,(H,32,36)(H,33,34)/t27-/m1/s1. The van der Waals surface area contributed by atoms with Crippen molar-refractivity contribution in [1.29, 1.82) is 0 Å². The van der Waals surface area contributed by atoms with Crippen LogP contribution >= 0.6 is 0 Å². The predicted molar refractivity (Wildman–Crippen MR) is 137 cm³/mol. The minimum Gasteiger partial charge on any atom is -0.349 e. The smallest absolute Gasteiger partial charge is 0.251 e. The van der Waals surface area contributed by atoms with Gasteiger partial charge in [-0.15, -0.1) is 0 Å². The largest absolute Gasteiger partial charge is 0.349 e. The zero-order valence-electron chi connectivity index (χ0n) is 20.2. The summed E-state index contributed by atoms with van der Waals surface area (Å²) in [4.78, 5) is 28.1. The molecule has 2 aliphatic carbocycles. The third kappa shape index (κ3) is 4.15. The summed E-state index contributed by atoms with van der Waals surface area (Å²) >= 11 is 0. The average molecular weight is 484 g/mol. The molecule has 3 fully saturated rings. The van der Waals surface area contributed by atoms with Gasteiger partial charge in [-0.3, -0.25) is 14.7 Å². The third-order valence-corrected chi connectivity index (χ3v) is 8.12. The first kappa shape index (κ1) is 21.9. The van der Waals surface area contributed by atoms with E-state index in [1.54, 1.807) is 12.1 Å². The van der Waals surface area contributed by atoms with E-state index in [1.807, 2.05) is 24.4 Å². The summed E-state index contributed by atoms with van der Waals surface area (Å²) in [6.07, 6.45) is 8.53. The molecule has 2 aromatic carbocycles. The number of nitrogens with one attached hydrogen (secondary N) is 2. The van der Waals surface area contributed by atoms with Gasteiger partial charge in [0.1, 0.15) is 11.6 Å². The van der Waals surface area contributed by atoms with Crippen molar-refractivity contribution >= 4 is 27.8 Å². The highest BCUT2D eigenvalue weighted by Crippen LogP contribution is 2.46. The van der Waals surface area contributed by atoms with Gasteiger partial charge in [-0.1, -0.05) is 0 Å². The van der Waals surface area contributed by atoms with Crippen LogP contribution in [0.3, 0.4) is 0 Å². The number of amides is 1. The number of carbonyl (C=O) groups is 1. The minimum atomic E-state index is -0.207. The van der Waals surface area contributed by atoms with Crippen LogP contribution in [0.15, 0.2) is 48.7 Å². The fourth-order valence-electron chi connectivity index (χ4n) is 5.90. The number of benzene rings is 2. The first-order valence-corrected chi connectivity index (χ1v) is 13.2. The molecule has 7 heteroatoms. The van der Waals surface area contributed by atoms with Crippen LogP contribution in [-0.4, -0.2) is 44.9 Å². The average Bonchev–Trinajstić information content (AvgIpc) is 3.83. The summed E-state index contributed by atoms with van der Waals surface area (Å²) < 4.78 is 14.0. The molecule has 7 rings (SSSR count). The molecular weight excluding hydrogens is 453 g/mol. The summed E-state index contributed by atoms with van der Waals surface area (Å²) in [6, 6.07) is 13.3. The number of aromatic nitrogens is 3. The Hall–Kier alpha value is -3.32. The third-order valence-electron chi connectivity index (χ3n) is 8.12. The maximum absolute atomic E-state index is 14.0. The summed E-state index contributed by atoms with van der Waals surface area (Å²) in [5.74, 6) is 1.83. The second kappa shape index (κ2) is 8.66. The molecule has 0 spiro atoms. The molecule has 3 heterocycles. The Morgan fingerprint density at radius 2 is 1.81 bits per heavy atom. The van der Waals surface area contributed by atoms with Gasteiger partial charge < -0.3 is 10.3 Å². The fourth-order valence-corrected chi connectivity index (χ4v) is 5.90. The van der Waals surface area contributed by atoms with E-state index in [0.29, 0.717) is 23.4 Å². The van der Waals surface area contributed by atoms with Gasteiger partial charge in [0.2, 0.25) is 0 Å². The molecule has 2 saturated carbocycles. The van der Waals surface area contributed by atoms with Crippen LogP contribution in [0.4, 0.5) is 4.39 Å². The van der Waals surface area contributed by atoms with E-state index in [0.717, 1.165) is 66.5 Å². The highest BCUT2D eigenvalue weighted by atomic mass is 19.1. The van der Waals surface area contributed by atoms with E-state index in [-0.39, 0.29) is 17.8 Å². The van der Waals surface area contributed by atoms with Crippen LogP contribution in [0.5, 0.6) is 0 Å². The number of hydrogen-bond donors (Lipinski definition) is 2. The number of nitrogens with zero attached hydrogens (tertiary/aromatic N) is 3. The SMILES string of the molecule is O=C(NC1CC1)c1ccc2nc([C@@H](C3CC3)N3CCC(c4ccnc5ccc(F)cc45)CC3)[nH]c2c1. The molecule has 1 atom stereocenters. The zero-order valence-corrected chi connectivity index (χ0v) is 20.2. The van der Waals surface area contributed by atoms with Gasteiger partial charge in [0.15, 0.2) is 0 Å². The molecule has 2 aromatic heterocycles. The molecule has 36 heavy (non-hydrogen) atoms. The number of halogens is 1. The Bertz CT molecular complexity index is 1450. The normalized spacial score (nSPS) is 20.1. The summed E-state index contributed by atoms with van der Waals surface area (Å²) in [5, 5.41) is 4.01. The van der Waals surface area contributed by atoms with E-state index in [2.05, 4.69) is 26.3 Å². The number of piperidine rings is 1. The summed E-state index contributed by atoms with van der Waals surface area (Å²) in [5.41, 5.74) is 4.61. The van der Waals surface area contributed by atoms with Crippen LogP contribution in [0, 0.1) is 11.7 Å². The number of pyridine rings is 1. The van der Waals surface area contributed by atoms with Crippen molar-refractivity contribution in [1.82, 2.24) is 25.2 Å². The number of carbonyl (C=O) groups excluding carboxylic acids is 1. The van der Waals surface area contributed by atoms with Crippen molar-refractivity contribution in [3.63, 3.8) is 0 Å². The highest BCUT2D eigenvalue weighted by Gasteiger charge is 2.40. The van der Waals surface area contributed by atoms with Crippen molar-refractivity contribution in [2.75, 3.05) is 13.1 Å². The first-order valence-electron chi connectivity index (χ1n) is 13.2. The molecule has 2 N–H and O–H groups in total. The van der Waals surface area contributed by atoms with Gasteiger partial charge >= 0.3 is 0 Å². The van der Waals surface area contributed by atoms with Gasteiger partial charge in [-0.25, -0.2) is 9.37 Å². The van der Waals surface area contributed by atoms with E-state index in [4.69, 9.17) is 4.98 Å². The van der Waals surface area contributed by atoms with E-state index in [9.17, 15) is 9.18 Å². The Labute approximate surface area is 209 Å². The minimum absolute atomic E-state index is 0.000109. The van der Waals surface area contributed by atoms with Crippen LogP contribution in [0.25, 0.3) is 21.9 Å². The van der Waals surface area contributed by atoms with Crippen molar-refractivity contribution in [3.8, 4) is 0 Å². The fraction of sp³-hybridized carbons (Fsp3) is 0.414. The predicted octanol–water partition coefficient (Wildman–Crippen LogP) is 5.47. The first-order chi connectivity index (χ1) is 17.6. The zero-order chi connectivity index (χ0) is 24.2. The lowest BCUT2D eigenvalue weighted by Gasteiger charge is -2.37. The molecule has 184 valence electrons. The molecule has 0 unspecified atom stereocenters. The van der Waals surface area contributed by atoms with Crippen LogP contribution in [-0.2, 0) is 0 Å². The van der Waals surface area contributed by atoms with Crippen LogP contribution < -0.4 is 5.32 Å². The molecule has 1 aliphatic heterocycles. The lowest BCUT2D eigenvalue weighted by Crippen LogP contribution is -2.37. The van der Waals surface area contributed by atoms with Crippen molar-refractivity contribution in [2.45, 2.75) is 56.5 Å². The van der Waals surface area contributed by atoms with Gasteiger partial charge in [-0.05, 0) is 111 Å². The number of likely N-dealkylation sites (tertiary alicyclic amines) is 1. The molecule has 3 aliphatic rings. The Morgan fingerprint density at radius 1 is 1.00 bits per heavy atom. The van der Waals surface area contributed by atoms with Crippen LogP contribution in [0.2, 0.25) is 0 Å². The quantitative estimate of drug-likeness (QED) is 0.381. The second-order valence-electron chi connectivity index (χ2n) is 10.8. The van der Waals surface area contributed by atoms with Gasteiger partial charge in [0, 0.05) is 23.2 Å². The van der Waals surface area contributed by atoms with Crippen molar-refractivity contribution in [3.05, 3.63) is 71.4 Å². The lowest BCUT2D eigenvalue weighted by molar-refractivity contribution is 0.0951. The number of fused-ring (bicyclic) bond motifs is 2. The molecular formula is C29H30FN5O. The van der Waals surface area contributed by atoms with Crippen LogP contribution in [0.1, 0.15) is 72.2 Å². The van der Waals surface area contributed by atoms with Gasteiger partial charge in [0.05, 0.1) is 22.6 Å². The van der Waals surface area contributed by atoms with E-state index >= 15 is 0 Å². The Balaban J connectivity index is 1.11.